The highest BCUT2D eigenvalue weighted by molar-refractivity contribution is 7.18. The van der Waals surface area contributed by atoms with Crippen LogP contribution in [0, 0.1) is 11.8 Å². The lowest BCUT2D eigenvalue weighted by Gasteiger charge is -2.44. The summed E-state index contributed by atoms with van der Waals surface area (Å²) in [7, 11) is 0. The molecule has 1 aromatic carbocycles. The molecule has 130 valence electrons. The third-order valence-electron chi connectivity index (χ3n) is 5.29. The molecule has 4 nitrogen and oxygen atoms in total. The lowest BCUT2D eigenvalue weighted by Crippen LogP contribution is -2.49. The second-order valence-corrected chi connectivity index (χ2v) is 8.65. The standard InChI is InChI=1S/C19H24N2OS.H3N/c1-12-4-6-15(20-10-12)13-5-7-17-16(8-13)21-18(23-17)9-14-11-22-19(14,2)3;/h5,7-8,12,14H,4,6,9-11H2,1-3H3;1H3. The van der Waals surface area contributed by atoms with E-state index in [-0.39, 0.29) is 11.8 Å². The Labute approximate surface area is 147 Å². The molecule has 0 bridgehead atoms. The van der Waals surface area contributed by atoms with Crippen LogP contribution in [0.25, 0.3) is 10.2 Å². The zero-order valence-corrected chi connectivity index (χ0v) is 15.7. The summed E-state index contributed by atoms with van der Waals surface area (Å²) in [4.78, 5) is 9.64. The van der Waals surface area contributed by atoms with Crippen molar-refractivity contribution >= 4 is 27.3 Å². The molecule has 2 aliphatic heterocycles. The highest BCUT2D eigenvalue weighted by atomic mass is 32.1. The zero-order chi connectivity index (χ0) is 16.0. The number of hydrogen-bond donors (Lipinski definition) is 1. The molecule has 0 saturated carbocycles. The smallest absolute Gasteiger partial charge is 0.0943 e. The lowest BCUT2D eigenvalue weighted by molar-refractivity contribution is -0.180. The van der Waals surface area contributed by atoms with E-state index < -0.39 is 0 Å². The molecule has 1 saturated heterocycles. The van der Waals surface area contributed by atoms with E-state index in [4.69, 9.17) is 14.7 Å². The van der Waals surface area contributed by atoms with Crippen LogP contribution in [-0.2, 0) is 11.2 Å². The van der Waals surface area contributed by atoms with Crippen molar-refractivity contribution < 1.29 is 4.74 Å². The van der Waals surface area contributed by atoms with Crippen molar-refractivity contribution in [2.75, 3.05) is 13.2 Å². The van der Waals surface area contributed by atoms with E-state index in [2.05, 4.69) is 39.0 Å². The molecule has 0 radical (unpaired) electrons. The minimum absolute atomic E-state index is 0. The number of nitrogens with zero attached hydrogens (tertiary/aromatic N) is 2. The van der Waals surface area contributed by atoms with Gasteiger partial charge in [-0.2, -0.15) is 0 Å². The molecule has 0 amide bonds. The van der Waals surface area contributed by atoms with E-state index in [1.165, 1.54) is 27.4 Å². The minimum atomic E-state index is 0. The van der Waals surface area contributed by atoms with Crippen molar-refractivity contribution in [1.29, 1.82) is 0 Å². The Morgan fingerprint density at radius 1 is 1.33 bits per heavy atom. The Hall–Kier alpha value is -1.30. The Morgan fingerprint density at radius 2 is 2.17 bits per heavy atom. The quantitative estimate of drug-likeness (QED) is 0.880. The molecule has 2 aromatic rings. The molecule has 2 unspecified atom stereocenters. The number of benzene rings is 1. The largest absolute Gasteiger partial charge is 0.375 e. The van der Waals surface area contributed by atoms with Gasteiger partial charge in [0.15, 0.2) is 0 Å². The summed E-state index contributed by atoms with van der Waals surface area (Å²) in [5.74, 6) is 1.31. The summed E-state index contributed by atoms with van der Waals surface area (Å²) in [5.41, 5.74) is 3.65. The van der Waals surface area contributed by atoms with Gasteiger partial charge in [-0.05, 0) is 50.3 Å². The maximum absolute atomic E-state index is 5.65. The van der Waals surface area contributed by atoms with E-state index in [0.29, 0.717) is 5.92 Å². The van der Waals surface area contributed by atoms with Gasteiger partial charge in [-0.3, -0.25) is 4.99 Å². The predicted molar refractivity (Wildman–Crippen MR) is 102 cm³/mol. The first kappa shape index (κ1) is 17.5. The van der Waals surface area contributed by atoms with Crippen molar-refractivity contribution in [2.45, 2.75) is 45.6 Å². The normalized spacial score (nSPS) is 25.7. The van der Waals surface area contributed by atoms with Crippen LogP contribution < -0.4 is 6.15 Å². The van der Waals surface area contributed by atoms with Crippen LogP contribution in [0.2, 0.25) is 0 Å². The molecule has 5 heteroatoms. The minimum Gasteiger partial charge on any atom is -0.375 e. The van der Waals surface area contributed by atoms with Crippen molar-refractivity contribution in [1.82, 2.24) is 11.1 Å². The molecule has 3 heterocycles. The highest BCUT2D eigenvalue weighted by Gasteiger charge is 2.40. The Balaban J connectivity index is 0.00000169. The van der Waals surface area contributed by atoms with Crippen molar-refractivity contribution in [3.05, 3.63) is 28.8 Å². The topological polar surface area (TPSA) is 69.5 Å². The summed E-state index contributed by atoms with van der Waals surface area (Å²) >= 11 is 1.82. The van der Waals surface area contributed by atoms with Crippen LogP contribution in [0.4, 0.5) is 0 Å². The summed E-state index contributed by atoms with van der Waals surface area (Å²) in [6.45, 7) is 8.46. The van der Waals surface area contributed by atoms with E-state index in [1.54, 1.807) is 0 Å². The molecule has 1 fully saturated rings. The Kier molecular flexibility index (Phi) is 4.78. The van der Waals surface area contributed by atoms with E-state index in [9.17, 15) is 0 Å². The molecular weight excluding hydrogens is 318 g/mol. The number of rotatable bonds is 3. The van der Waals surface area contributed by atoms with E-state index >= 15 is 0 Å². The molecule has 3 N–H and O–H groups in total. The SMILES string of the molecule is CC1CCC(c2ccc3sc(CC4COC4(C)C)nc3c2)=NC1.N. The Bertz CT molecular complexity index is 765. The second-order valence-electron chi connectivity index (χ2n) is 7.54. The fraction of sp³-hybridized carbons (Fsp3) is 0.579. The maximum atomic E-state index is 5.65. The number of hydrogen-bond acceptors (Lipinski definition) is 5. The highest BCUT2D eigenvalue weighted by Crippen LogP contribution is 2.36. The second kappa shape index (κ2) is 6.54. The summed E-state index contributed by atoms with van der Waals surface area (Å²) < 4.78 is 6.93. The third kappa shape index (κ3) is 3.25. The van der Waals surface area contributed by atoms with Gasteiger partial charge < -0.3 is 10.9 Å². The fourth-order valence-electron chi connectivity index (χ4n) is 3.35. The molecule has 1 aromatic heterocycles. The van der Waals surface area contributed by atoms with Crippen molar-refractivity contribution in [3.8, 4) is 0 Å². The van der Waals surface area contributed by atoms with Gasteiger partial charge in [0.1, 0.15) is 0 Å². The van der Waals surface area contributed by atoms with Crippen LogP contribution in [0.3, 0.4) is 0 Å². The fourth-order valence-corrected chi connectivity index (χ4v) is 4.37. The number of fused-ring (bicyclic) bond motifs is 1. The van der Waals surface area contributed by atoms with Crippen LogP contribution in [0.5, 0.6) is 0 Å². The van der Waals surface area contributed by atoms with Gasteiger partial charge in [0, 0.05) is 24.6 Å². The van der Waals surface area contributed by atoms with Crippen LogP contribution >= 0.6 is 11.3 Å². The van der Waals surface area contributed by atoms with Gasteiger partial charge in [-0.15, -0.1) is 11.3 Å². The van der Waals surface area contributed by atoms with Crippen LogP contribution in [-0.4, -0.2) is 29.4 Å². The van der Waals surface area contributed by atoms with Crippen LogP contribution in [0.1, 0.15) is 44.2 Å². The monoisotopic (exact) mass is 345 g/mol. The number of thiazole rings is 1. The average molecular weight is 346 g/mol. The lowest BCUT2D eigenvalue weighted by atomic mass is 9.84. The molecule has 2 aliphatic rings. The number of aromatic nitrogens is 1. The summed E-state index contributed by atoms with van der Waals surface area (Å²) in [5, 5.41) is 1.23. The first-order valence-corrected chi connectivity index (χ1v) is 9.40. The van der Waals surface area contributed by atoms with Crippen molar-refractivity contribution in [3.63, 3.8) is 0 Å². The maximum Gasteiger partial charge on any atom is 0.0943 e. The molecule has 2 atom stereocenters. The van der Waals surface area contributed by atoms with E-state index in [0.717, 1.165) is 37.4 Å². The van der Waals surface area contributed by atoms with Crippen molar-refractivity contribution in [2.24, 2.45) is 16.8 Å². The van der Waals surface area contributed by atoms with Gasteiger partial charge in [-0.25, -0.2) is 4.98 Å². The predicted octanol–water partition coefficient (Wildman–Crippen LogP) is 4.64. The molecule has 0 aliphatic carbocycles. The molecular formula is C19H27N3OS. The summed E-state index contributed by atoms with van der Waals surface area (Å²) in [6.07, 6.45) is 3.37. The summed E-state index contributed by atoms with van der Waals surface area (Å²) in [6, 6.07) is 6.66. The Morgan fingerprint density at radius 3 is 2.79 bits per heavy atom. The van der Waals surface area contributed by atoms with Gasteiger partial charge in [-0.1, -0.05) is 13.0 Å². The first-order valence-electron chi connectivity index (χ1n) is 8.58. The van der Waals surface area contributed by atoms with Gasteiger partial charge in [0.2, 0.25) is 0 Å². The van der Waals surface area contributed by atoms with Gasteiger partial charge >= 0.3 is 0 Å². The average Bonchev–Trinajstić information content (AvgIpc) is 2.94. The van der Waals surface area contributed by atoms with E-state index in [1.807, 2.05) is 11.3 Å². The zero-order valence-electron chi connectivity index (χ0n) is 14.8. The first-order chi connectivity index (χ1) is 11.0. The van der Waals surface area contributed by atoms with Gasteiger partial charge in [0.05, 0.1) is 27.4 Å². The molecule has 4 rings (SSSR count). The molecule has 24 heavy (non-hydrogen) atoms. The van der Waals surface area contributed by atoms with Gasteiger partial charge in [0.25, 0.3) is 0 Å². The number of ether oxygens (including phenoxy) is 1. The van der Waals surface area contributed by atoms with Crippen LogP contribution in [0.15, 0.2) is 23.2 Å². The molecule has 0 spiro atoms. The third-order valence-corrected chi connectivity index (χ3v) is 6.35. The number of aliphatic imine (C=N–C) groups is 1.